The van der Waals surface area contributed by atoms with Gasteiger partial charge in [-0.3, -0.25) is 4.72 Å². The van der Waals surface area contributed by atoms with E-state index in [0.717, 1.165) is 38.7 Å². The number of sulfonamides is 1. The number of hydrogen-bond acceptors (Lipinski definition) is 5. The van der Waals surface area contributed by atoms with Crippen molar-refractivity contribution < 1.29 is 21.9 Å². The normalized spacial score (nSPS) is 11.6. The first kappa shape index (κ1) is 19.3. The lowest BCUT2D eigenvalue weighted by Crippen LogP contribution is -2.13. The molecule has 3 aromatic carbocycles. The Morgan fingerprint density at radius 2 is 1.66 bits per heavy atom. The molecule has 0 radical (unpaired) electrons. The number of rotatable bonds is 5. The van der Waals surface area contributed by atoms with E-state index in [1.165, 1.54) is 11.3 Å². The standard InChI is InChI=1S/C20H14F2N2O3S2/c1-27-16-6-7-18-19(11-16)28-20(23-18)12-2-4-15(5-3-12)24-29(25,26)17-9-13(21)8-14(22)10-17/h2-11,24H,1H3. The van der Waals surface area contributed by atoms with E-state index in [-0.39, 0.29) is 5.69 Å². The quantitative estimate of drug-likeness (QED) is 0.479. The SMILES string of the molecule is COc1ccc2nc(-c3ccc(NS(=O)(=O)c4cc(F)cc(F)c4)cc3)sc2c1. The third kappa shape index (κ3) is 4.06. The van der Waals surface area contributed by atoms with Gasteiger partial charge in [0.15, 0.2) is 0 Å². The molecule has 0 aliphatic rings. The highest BCUT2D eigenvalue weighted by atomic mass is 32.2. The minimum Gasteiger partial charge on any atom is -0.497 e. The van der Waals surface area contributed by atoms with Crippen molar-refractivity contribution in [2.45, 2.75) is 4.90 Å². The van der Waals surface area contributed by atoms with Crippen LogP contribution in [0, 0.1) is 11.6 Å². The van der Waals surface area contributed by atoms with Gasteiger partial charge in [-0.2, -0.15) is 0 Å². The molecule has 0 atom stereocenters. The summed E-state index contributed by atoms with van der Waals surface area (Å²) in [5.41, 5.74) is 1.91. The van der Waals surface area contributed by atoms with Gasteiger partial charge in [0.2, 0.25) is 0 Å². The minimum atomic E-state index is -4.12. The molecular weight excluding hydrogens is 418 g/mol. The highest BCUT2D eigenvalue weighted by Crippen LogP contribution is 2.33. The van der Waals surface area contributed by atoms with Crippen LogP contribution in [0.1, 0.15) is 0 Å². The van der Waals surface area contributed by atoms with Crippen LogP contribution in [0.4, 0.5) is 14.5 Å². The Kier molecular flexibility index (Phi) is 4.93. The molecule has 5 nitrogen and oxygen atoms in total. The van der Waals surface area contributed by atoms with Crippen LogP contribution in [-0.2, 0) is 10.0 Å². The number of nitrogens with one attached hydrogen (secondary N) is 1. The van der Waals surface area contributed by atoms with E-state index in [2.05, 4.69) is 9.71 Å². The van der Waals surface area contributed by atoms with Gasteiger partial charge in [-0.1, -0.05) is 0 Å². The summed E-state index contributed by atoms with van der Waals surface area (Å²) in [6.07, 6.45) is 0. The van der Waals surface area contributed by atoms with Gasteiger partial charge in [0.1, 0.15) is 22.4 Å². The fourth-order valence-corrected chi connectivity index (χ4v) is 4.83. The molecule has 0 fully saturated rings. The van der Waals surface area contributed by atoms with Crippen molar-refractivity contribution in [3.63, 3.8) is 0 Å². The number of nitrogens with zero attached hydrogens (tertiary/aromatic N) is 1. The Morgan fingerprint density at radius 1 is 0.966 bits per heavy atom. The highest BCUT2D eigenvalue weighted by molar-refractivity contribution is 7.92. The summed E-state index contributed by atoms with van der Waals surface area (Å²) in [4.78, 5) is 4.08. The maximum absolute atomic E-state index is 13.3. The molecule has 1 aromatic heterocycles. The number of fused-ring (bicyclic) bond motifs is 1. The lowest BCUT2D eigenvalue weighted by atomic mass is 10.2. The van der Waals surface area contributed by atoms with Gasteiger partial charge in [-0.05, 0) is 54.6 Å². The summed E-state index contributed by atoms with van der Waals surface area (Å²) in [5.74, 6) is -1.19. The maximum Gasteiger partial charge on any atom is 0.262 e. The molecule has 1 heterocycles. The van der Waals surface area contributed by atoms with Gasteiger partial charge < -0.3 is 4.74 Å². The first-order chi connectivity index (χ1) is 13.8. The van der Waals surface area contributed by atoms with E-state index in [9.17, 15) is 17.2 Å². The zero-order valence-corrected chi connectivity index (χ0v) is 16.7. The summed E-state index contributed by atoms with van der Waals surface area (Å²) in [5, 5.41) is 0.773. The van der Waals surface area contributed by atoms with E-state index < -0.39 is 26.6 Å². The molecule has 0 amide bonds. The van der Waals surface area contributed by atoms with Gasteiger partial charge >= 0.3 is 0 Å². The molecule has 0 bridgehead atoms. The second-order valence-corrected chi connectivity index (χ2v) is 8.85. The van der Waals surface area contributed by atoms with Crippen molar-refractivity contribution >= 4 is 37.3 Å². The predicted octanol–water partition coefficient (Wildman–Crippen LogP) is 5.05. The Labute approximate surface area is 169 Å². The molecule has 4 rings (SSSR count). The Balaban J connectivity index is 1.59. The maximum atomic E-state index is 13.3. The molecule has 0 unspecified atom stereocenters. The van der Waals surface area contributed by atoms with Gasteiger partial charge in [0.25, 0.3) is 10.0 Å². The van der Waals surface area contributed by atoms with Crippen LogP contribution in [0.3, 0.4) is 0 Å². The molecular formula is C20H14F2N2O3S2. The van der Waals surface area contributed by atoms with Gasteiger partial charge in [-0.25, -0.2) is 22.2 Å². The fourth-order valence-electron chi connectivity index (χ4n) is 2.73. The van der Waals surface area contributed by atoms with E-state index in [1.807, 2.05) is 18.2 Å². The molecule has 4 aromatic rings. The Morgan fingerprint density at radius 3 is 2.31 bits per heavy atom. The van der Waals surface area contributed by atoms with E-state index in [1.54, 1.807) is 31.4 Å². The third-order valence-electron chi connectivity index (χ3n) is 4.13. The van der Waals surface area contributed by atoms with E-state index in [0.29, 0.717) is 6.07 Å². The number of hydrogen-bond donors (Lipinski definition) is 1. The Hall–Kier alpha value is -3.04. The monoisotopic (exact) mass is 432 g/mol. The van der Waals surface area contributed by atoms with Crippen LogP contribution in [0.5, 0.6) is 5.75 Å². The molecule has 148 valence electrons. The predicted molar refractivity (Wildman–Crippen MR) is 109 cm³/mol. The van der Waals surface area contributed by atoms with Crippen LogP contribution in [0.25, 0.3) is 20.8 Å². The van der Waals surface area contributed by atoms with Crippen LogP contribution in [0.15, 0.2) is 65.6 Å². The summed E-state index contributed by atoms with van der Waals surface area (Å²) in [7, 11) is -2.52. The smallest absolute Gasteiger partial charge is 0.262 e. The first-order valence-electron chi connectivity index (χ1n) is 8.38. The molecule has 9 heteroatoms. The number of aromatic nitrogens is 1. The topological polar surface area (TPSA) is 68.3 Å². The van der Waals surface area contributed by atoms with Crippen molar-refractivity contribution in [3.8, 4) is 16.3 Å². The highest BCUT2D eigenvalue weighted by Gasteiger charge is 2.17. The number of ether oxygens (including phenoxy) is 1. The summed E-state index contributed by atoms with van der Waals surface area (Å²) < 4.78 is 59.9. The van der Waals surface area contributed by atoms with Crippen LogP contribution in [-0.4, -0.2) is 20.5 Å². The molecule has 0 saturated heterocycles. The summed E-state index contributed by atoms with van der Waals surface area (Å²) >= 11 is 1.49. The molecule has 0 aliphatic carbocycles. The van der Waals surface area contributed by atoms with Crippen LogP contribution in [0.2, 0.25) is 0 Å². The average Bonchev–Trinajstić information content (AvgIpc) is 3.10. The van der Waals surface area contributed by atoms with Crippen molar-refractivity contribution in [2.24, 2.45) is 0 Å². The largest absolute Gasteiger partial charge is 0.497 e. The molecule has 0 spiro atoms. The van der Waals surface area contributed by atoms with Crippen molar-refractivity contribution in [3.05, 3.63) is 72.3 Å². The third-order valence-corrected chi connectivity index (χ3v) is 6.55. The van der Waals surface area contributed by atoms with Crippen LogP contribution < -0.4 is 9.46 Å². The zero-order chi connectivity index (χ0) is 20.6. The number of thiazole rings is 1. The second kappa shape index (κ2) is 7.41. The zero-order valence-electron chi connectivity index (χ0n) is 15.0. The fraction of sp³-hybridized carbons (Fsp3) is 0.0500. The average molecular weight is 432 g/mol. The number of benzene rings is 3. The van der Waals surface area contributed by atoms with Gasteiger partial charge in [-0.15, -0.1) is 11.3 Å². The summed E-state index contributed by atoms with van der Waals surface area (Å²) in [6, 6.07) is 14.3. The number of halogens is 2. The lowest BCUT2D eigenvalue weighted by molar-refractivity contribution is 0.415. The number of anilines is 1. The molecule has 0 saturated carbocycles. The lowest BCUT2D eigenvalue weighted by Gasteiger charge is -2.09. The van der Waals surface area contributed by atoms with Crippen LogP contribution >= 0.6 is 11.3 Å². The molecule has 1 N–H and O–H groups in total. The van der Waals surface area contributed by atoms with Gasteiger partial charge in [0, 0.05) is 17.3 Å². The van der Waals surface area contributed by atoms with E-state index in [4.69, 9.17) is 4.74 Å². The molecule has 0 aliphatic heterocycles. The van der Waals surface area contributed by atoms with Gasteiger partial charge in [0.05, 0.1) is 22.2 Å². The van der Waals surface area contributed by atoms with Crippen molar-refractivity contribution in [2.75, 3.05) is 11.8 Å². The number of methoxy groups -OCH3 is 1. The van der Waals surface area contributed by atoms with Crippen molar-refractivity contribution in [1.82, 2.24) is 4.98 Å². The Bertz CT molecular complexity index is 1280. The molecule has 29 heavy (non-hydrogen) atoms. The minimum absolute atomic E-state index is 0.265. The van der Waals surface area contributed by atoms with E-state index >= 15 is 0 Å². The van der Waals surface area contributed by atoms with Crippen molar-refractivity contribution in [1.29, 1.82) is 0 Å². The first-order valence-corrected chi connectivity index (χ1v) is 10.7. The second-order valence-electron chi connectivity index (χ2n) is 6.14. The summed E-state index contributed by atoms with van der Waals surface area (Å²) in [6.45, 7) is 0.